The fourth-order valence-electron chi connectivity index (χ4n) is 3.62. The molecule has 2 aliphatic rings. The van der Waals surface area contributed by atoms with Gasteiger partial charge in [0, 0.05) is 70.5 Å². The number of aromatic nitrogens is 1. The fourth-order valence-corrected chi connectivity index (χ4v) is 4.28. The maximum atomic E-state index is 11.6. The lowest BCUT2D eigenvalue weighted by Gasteiger charge is -2.41. The molecule has 1 aromatic rings. The maximum Gasteiger partial charge on any atom is 0.309 e. The second-order valence-corrected chi connectivity index (χ2v) is 7.58. The number of carboxylic acid groups (broad SMARTS) is 1. The summed E-state index contributed by atoms with van der Waals surface area (Å²) in [6.07, 6.45) is 1.85. The third-order valence-electron chi connectivity index (χ3n) is 4.89. The van der Waals surface area contributed by atoms with E-state index in [-0.39, 0.29) is 5.92 Å². The molecule has 2 aliphatic heterocycles. The topological polar surface area (TPSA) is 69.1 Å². The Morgan fingerprint density at radius 2 is 2.17 bits per heavy atom. The second-order valence-electron chi connectivity index (χ2n) is 6.60. The summed E-state index contributed by atoms with van der Waals surface area (Å²) in [5.41, 5.74) is 0. The lowest BCUT2D eigenvalue weighted by atomic mass is 10.1. The smallest absolute Gasteiger partial charge is 0.309 e. The first-order chi connectivity index (χ1) is 11.7. The Morgan fingerprint density at radius 1 is 1.33 bits per heavy atom. The molecule has 0 aromatic carbocycles. The van der Waals surface area contributed by atoms with E-state index in [1.54, 1.807) is 18.4 Å². The SMILES string of the molecule is COCCN1C[C@@H](C(=O)O)CN2CCN(Cc3nccs3)C[C@H]2C1. The largest absolute Gasteiger partial charge is 0.481 e. The fraction of sp³-hybridized carbons (Fsp3) is 0.750. The molecule has 134 valence electrons. The van der Waals surface area contributed by atoms with Crippen molar-refractivity contribution in [2.24, 2.45) is 5.92 Å². The summed E-state index contributed by atoms with van der Waals surface area (Å²) in [6.45, 7) is 7.35. The zero-order valence-corrected chi connectivity index (χ0v) is 15.0. The van der Waals surface area contributed by atoms with Crippen molar-refractivity contribution in [2.75, 3.05) is 59.5 Å². The highest BCUT2D eigenvalue weighted by molar-refractivity contribution is 7.09. The minimum absolute atomic E-state index is 0.322. The molecule has 1 aromatic heterocycles. The van der Waals surface area contributed by atoms with Crippen LogP contribution in [-0.4, -0.2) is 96.3 Å². The first kappa shape index (κ1) is 17.8. The number of rotatable bonds is 6. The number of ether oxygens (including phenoxy) is 1. The normalized spacial score (nSPS) is 26.9. The summed E-state index contributed by atoms with van der Waals surface area (Å²) >= 11 is 1.69. The Bertz CT molecular complexity index is 527. The highest BCUT2D eigenvalue weighted by atomic mass is 32.1. The first-order valence-electron chi connectivity index (χ1n) is 8.44. The van der Waals surface area contributed by atoms with Gasteiger partial charge in [-0.25, -0.2) is 4.98 Å². The van der Waals surface area contributed by atoms with Crippen LogP contribution in [-0.2, 0) is 16.1 Å². The van der Waals surface area contributed by atoms with Crippen molar-refractivity contribution in [3.63, 3.8) is 0 Å². The summed E-state index contributed by atoms with van der Waals surface area (Å²) in [6, 6.07) is 0.375. The minimum atomic E-state index is -0.691. The van der Waals surface area contributed by atoms with Gasteiger partial charge in [0.2, 0.25) is 0 Å². The molecule has 0 bridgehead atoms. The molecule has 0 unspecified atom stereocenters. The Balaban J connectivity index is 1.64. The second kappa shape index (κ2) is 8.35. The molecule has 2 saturated heterocycles. The molecule has 0 saturated carbocycles. The van der Waals surface area contributed by atoms with E-state index < -0.39 is 5.97 Å². The summed E-state index contributed by atoms with van der Waals surface area (Å²) in [5.74, 6) is -1.01. The molecule has 24 heavy (non-hydrogen) atoms. The van der Waals surface area contributed by atoms with Gasteiger partial charge in [0.05, 0.1) is 19.1 Å². The van der Waals surface area contributed by atoms with Crippen molar-refractivity contribution in [3.05, 3.63) is 16.6 Å². The van der Waals surface area contributed by atoms with Crippen molar-refractivity contribution in [1.82, 2.24) is 19.7 Å². The highest BCUT2D eigenvalue weighted by Crippen LogP contribution is 2.20. The van der Waals surface area contributed by atoms with Crippen LogP contribution < -0.4 is 0 Å². The summed E-state index contributed by atoms with van der Waals surface area (Å²) in [4.78, 5) is 23.0. The van der Waals surface area contributed by atoms with E-state index in [9.17, 15) is 9.90 Å². The average Bonchev–Trinajstić information content (AvgIpc) is 2.99. The van der Waals surface area contributed by atoms with Crippen molar-refractivity contribution in [3.8, 4) is 0 Å². The maximum absolute atomic E-state index is 11.6. The number of aliphatic carboxylic acids is 1. The molecule has 2 atom stereocenters. The number of carboxylic acids is 1. The van der Waals surface area contributed by atoms with Gasteiger partial charge in [-0.15, -0.1) is 11.3 Å². The van der Waals surface area contributed by atoms with Gasteiger partial charge in [-0.05, 0) is 0 Å². The number of methoxy groups -OCH3 is 1. The van der Waals surface area contributed by atoms with E-state index in [0.717, 1.165) is 44.3 Å². The molecular weight excluding hydrogens is 328 g/mol. The van der Waals surface area contributed by atoms with Crippen LogP contribution in [0.3, 0.4) is 0 Å². The molecule has 2 fully saturated rings. The molecule has 0 amide bonds. The first-order valence-corrected chi connectivity index (χ1v) is 9.32. The van der Waals surface area contributed by atoms with Crippen LogP contribution in [0.25, 0.3) is 0 Å². The van der Waals surface area contributed by atoms with Crippen LogP contribution in [0.4, 0.5) is 0 Å². The van der Waals surface area contributed by atoms with E-state index >= 15 is 0 Å². The lowest BCUT2D eigenvalue weighted by molar-refractivity contribution is -0.142. The molecule has 8 heteroatoms. The van der Waals surface area contributed by atoms with E-state index in [1.807, 2.05) is 11.6 Å². The monoisotopic (exact) mass is 354 g/mol. The number of hydrogen-bond acceptors (Lipinski definition) is 7. The van der Waals surface area contributed by atoms with Crippen molar-refractivity contribution in [2.45, 2.75) is 12.6 Å². The Morgan fingerprint density at radius 3 is 2.88 bits per heavy atom. The number of thiazole rings is 1. The van der Waals surface area contributed by atoms with Crippen molar-refractivity contribution < 1.29 is 14.6 Å². The molecule has 0 aliphatic carbocycles. The van der Waals surface area contributed by atoms with Crippen LogP contribution in [0.1, 0.15) is 5.01 Å². The number of fused-ring (bicyclic) bond motifs is 1. The lowest BCUT2D eigenvalue weighted by Crippen LogP contribution is -2.55. The zero-order valence-electron chi connectivity index (χ0n) is 14.1. The van der Waals surface area contributed by atoms with Gasteiger partial charge in [-0.3, -0.25) is 19.5 Å². The van der Waals surface area contributed by atoms with Crippen LogP contribution in [0.5, 0.6) is 0 Å². The van der Waals surface area contributed by atoms with E-state index in [0.29, 0.717) is 25.7 Å². The average molecular weight is 354 g/mol. The van der Waals surface area contributed by atoms with Crippen LogP contribution in [0.15, 0.2) is 11.6 Å². The summed E-state index contributed by atoms with van der Waals surface area (Å²) in [7, 11) is 1.69. The number of piperazine rings is 1. The predicted octanol–water partition coefficient (Wildman–Crippen LogP) is 0.292. The quantitative estimate of drug-likeness (QED) is 0.787. The van der Waals surface area contributed by atoms with Crippen molar-refractivity contribution in [1.29, 1.82) is 0 Å². The Labute approximate surface area is 146 Å². The van der Waals surface area contributed by atoms with E-state index in [2.05, 4.69) is 19.7 Å². The van der Waals surface area contributed by atoms with Gasteiger partial charge in [0.15, 0.2) is 0 Å². The number of carbonyl (C=O) groups is 1. The predicted molar refractivity (Wildman–Crippen MR) is 92.2 cm³/mol. The molecule has 0 spiro atoms. The van der Waals surface area contributed by atoms with Gasteiger partial charge in [-0.1, -0.05) is 0 Å². The Kier molecular flexibility index (Phi) is 6.18. The van der Waals surface area contributed by atoms with Crippen LogP contribution in [0.2, 0.25) is 0 Å². The van der Waals surface area contributed by atoms with Crippen LogP contribution >= 0.6 is 11.3 Å². The third-order valence-corrected chi connectivity index (χ3v) is 5.66. The minimum Gasteiger partial charge on any atom is -0.481 e. The van der Waals surface area contributed by atoms with Gasteiger partial charge < -0.3 is 9.84 Å². The molecule has 7 nitrogen and oxygen atoms in total. The molecule has 0 radical (unpaired) electrons. The standard InChI is InChI=1S/C16H26N4O3S/c1-23-6-5-19-8-13(16(21)22)9-20-4-3-18(10-14(20)11-19)12-15-17-2-7-24-15/h2,7,13-14H,3-6,8-12H2,1H3,(H,21,22)/t13-,14+/m1/s1. The van der Waals surface area contributed by atoms with Crippen molar-refractivity contribution >= 4 is 17.3 Å². The summed E-state index contributed by atoms with van der Waals surface area (Å²) in [5, 5.41) is 12.7. The Hall–Kier alpha value is -1.06. The van der Waals surface area contributed by atoms with E-state index in [1.165, 1.54) is 0 Å². The molecule has 3 heterocycles. The highest BCUT2D eigenvalue weighted by Gasteiger charge is 2.36. The number of hydrogen-bond donors (Lipinski definition) is 1. The third kappa shape index (κ3) is 4.52. The molecule has 1 N–H and O–H groups in total. The van der Waals surface area contributed by atoms with Gasteiger partial charge in [0.25, 0.3) is 0 Å². The molecular formula is C16H26N4O3S. The van der Waals surface area contributed by atoms with Gasteiger partial charge in [0.1, 0.15) is 5.01 Å². The zero-order chi connectivity index (χ0) is 16.9. The van der Waals surface area contributed by atoms with Crippen LogP contribution in [0, 0.1) is 5.92 Å². The van der Waals surface area contributed by atoms with E-state index in [4.69, 9.17) is 4.74 Å². The van der Waals surface area contributed by atoms with Gasteiger partial charge in [-0.2, -0.15) is 0 Å². The summed E-state index contributed by atoms with van der Waals surface area (Å²) < 4.78 is 5.19. The molecule has 3 rings (SSSR count). The van der Waals surface area contributed by atoms with Gasteiger partial charge >= 0.3 is 5.97 Å². The number of nitrogens with zero attached hydrogens (tertiary/aromatic N) is 4.